The van der Waals surface area contributed by atoms with Crippen molar-refractivity contribution in [3.05, 3.63) is 121 Å². The number of benzene rings is 3. The van der Waals surface area contributed by atoms with Crippen molar-refractivity contribution in [2.45, 2.75) is 0 Å². The highest BCUT2D eigenvalue weighted by Crippen LogP contribution is 2.32. The molecule has 0 aliphatic rings. The molecule has 3 aromatic heterocycles. The normalized spacial score (nSPS) is 11.7. The molecule has 0 spiro atoms. The quantitative estimate of drug-likeness (QED) is 0.235. The Labute approximate surface area is 207 Å². The minimum atomic E-state index is 0.648. The van der Waals surface area contributed by atoms with Crippen molar-refractivity contribution >= 4 is 34.7 Å². The zero-order valence-electron chi connectivity index (χ0n) is 19.2. The second-order valence-electron chi connectivity index (χ2n) is 8.06. The molecule has 0 atom stereocenters. The molecule has 0 aliphatic heterocycles. The molecule has 0 aliphatic carbocycles. The molecule has 0 saturated carbocycles. The summed E-state index contributed by atoms with van der Waals surface area (Å²) in [7, 11) is 0. The van der Waals surface area contributed by atoms with Gasteiger partial charge in [-0.3, -0.25) is 9.98 Å². The average Bonchev–Trinajstić information content (AvgIpc) is 3.66. The summed E-state index contributed by atoms with van der Waals surface area (Å²) in [6.07, 6.45) is 6.65. The van der Waals surface area contributed by atoms with E-state index in [1.807, 2.05) is 84.9 Å². The molecule has 36 heavy (non-hydrogen) atoms. The van der Waals surface area contributed by atoms with Crippen LogP contribution in [0.1, 0.15) is 11.5 Å². The molecule has 0 saturated heterocycles. The molecular formula is C30H20N4O2. The van der Waals surface area contributed by atoms with Crippen LogP contribution in [0.3, 0.4) is 0 Å². The van der Waals surface area contributed by atoms with E-state index >= 15 is 0 Å². The summed E-state index contributed by atoms with van der Waals surface area (Å²) < 4.78 is 10.7. The number of furan rings is 2. The van der Waals surface area contributed by atoms with Gasteiger partial charge < -0.3 is 8.83 Å². The predicted molar refractivity (Wildman–Crippen MR) is 142 cm³/mol. The first-order valence-electron chi connectivity index (χ1n) is 11.4. The fraction of sp³-hybridized carbons (Fsp3) is 0. The lowest BCUT2D eigenvalue weighted by molar-refractivity contribution is 0.560. The topological polar surface area (TPSA) is 76.8 Å². The van der Waals surface area contributed by atoms with Crippen LogP contribution in [0.15, 0.2) is 128 Å². The van der Waals surface area contributed by atoms with E-state index in [1.165, 1.54) is 0 Å². The molecule has 0 unspecified atom stereocenters. The van der Waals surface area contributed by atoms with Gasteiger partial charge in [-0.05, 0) is 66.7 Å². The lowest BCUT2D eigenvalue weighted by Gasteiger charge is -2.10. The number of fused-ring (bicyclic) bond motifs is 1. The predicted octanol–water partition coefficient (Wildman–Crippen LogP) is 7.65. The summed E-state index contributed by atoms with van der Waals surface area (Å²) in [5.74, 6) is 2.05. The third-order valence-corrected chi connectivity index (χ3v) is 5.62. The highest BCUT2D eigenvalue weighted by Gasteiger charge is 2.12. The van der Waals surface area contributed by atoms with Crippen LogP contribution in [0, 0.1) is 0 Å². The van der Waals surface area contributed by atoms with Gasteiger partial charge in [0.1, 0.15) is 11.5 Å². The Morgan fingerprint density at radius 1 is 0.583 bits per heavy atom. The van der Waals surface area contributed by atoms with Crippen molar-refractivity contribution in [1.82, 2.24) is 9.97 Å². The zero-order valence-corrected chi connectivity index (χ0v) is 19.2. The molecule has 6 nitrogen and oxygen atoms in total. The Hall–Kier alpha value is -5.10. The van der Waals surface area contributed by atoms with Gasteiger partial charge in [0, 0.05) is 16.5 Å². The van der Waals surface area contributed by atoms with Crippen molar-refractivity contribution in [1.29, 1.82) is 0 Å². The van der Waals surface area contributed by atoms with E-state index in [0.717, 1.165) is 39.1 Å². The van der Waals surface area contributed by atoms with Gasteiger partial charge in [-0.15, -0.1) is 0 Å². The lowest BCUT2D eigenvalue weighted by Crippen LogP contribution is -1.95. The second-order valence-corrected chi connectivity index (χ2v) is 8.06. The largest absolute Gasteiger partial charge is 0.463 e. The first kappa shape index (κ1) is 21.4. The smallest absolute Gasteiger partial charge is 0.160 e. The van der Waals surface area contributed by atoms with Crippen LogP contribution in [0.25, 0.3) is 33.5 Å². The highest BCUT2D eigenvalue weighted by atomic mass is 16.3. The first-order chi connectivity index (χ1) is 17.8. The maximum absolute atomic E-state index is 5.36. The molecule has 3 heterocycles. The Morgan fingerprint density at radius 2 is 1.25 bits per heavy atom. The van der Waals surface area contributed by atoms with Crippen LogP contribution >= 0.6 is 0 Å². The Bertz CT molecular complexity index is 1650. The van der Waals surface area contributed by atoms with Gasteiger partial charge in [0.2, 0.25) is 0 Å². The van der Waals surface area contributed by atoms with E-state index in [1.54, 1.807) is 25.0 Å². The van der Waals surface area contributed by atoms with E-state index in [-0.39, 0.29) is 0 Å². The zero-order chi connectivity index (χ0) is 24.2. The number of hydrogen-bond donors (Lipinski definition) is 0. The summed E-state index contributed by atoms with van der Waals surface area (Å²) in [5.41, 5.74) is 5.23. The molecule has 6 aromatic rings. The van der Waals surface area contributed by atoms with Gasteiger partial charge in [-0.1, -0.05) is 30.3 Å². The summed E-state index contributed by atoms with van der Waals surface area (Å²) in [5, 5.41) is 0.929. The van der Waals surface area contributed by atoms with E-state index in [2.05, 4.69) is 22.1 Å². The SMILES string of the molecule is C(=Nc1ccc(-c2nc(-c3ccccc3)c3cc(N=Cc4ccco4)ccc3n2)cc1)c1ccco1. The standard InChI is InChI=1S/C30H20N4O2/c1-2-6-21(7-3-1)29-27-18-24(32-20-26-9-5-17-36-26)14-15-28(27)33-30(34-29)22-10-12-23(13-11-22)31-19-25-8-4-16-35-25/h1-20H. The van der Waals surface area contributed by atoms with Crippen molar-refractivity contribution in [2.24, 2.45) is 9.98 Å². The van der Waals surface area contributed by atoms with Crippen LogP contribution in [-0.2, 0) is 0 Å². The number of rotatable bonds is 6. The fourth-order valence-corrected chi connectivity index (χ4v) is 3.84. The van der Waals surface area contributed by atoms with Crippen LogP contribution in [0.2, 0.25) is 0 Å². The lowest BCUT2D eigenvalue weighted by atomic mass is 10.0. The van der Waals surface area contributed by atoms with Crippen LogP contribution < -0.4 is 0 Å². The van der Waals surface area contributed by atoms with E-state index < -0.39 is 0 Å². The number of aromatic nitrogens is 2. The van der Waals surface area contributed by atoms with Gasteiger partial charge in [0.15, 0.2) is 5.82 Å². The molecule has 3 aromatic carbocycles. The van der Waals surface area contributed by atoms with Crippen molar-refractivity contribution in [3.8, 4) is 22.6 Å². The molecule has 172 valence electrons. The van der Waals surface area contributed by atoms with E-state index in [9.17, 15) is 0 Å². The maximum Gasteiger partial charge on any atom is 0.160 e. The molecule has 0 bridgehead atoms. The van der Waals surface area contributed by atoms with Gasteiger partial charge in [0.25, 0.3) is 0 Å². The summed E-state index contributed by atoms with van der Waals surface area (Å²) in [6.45, 7) is 0. The van der Waals surface area contributed by atoms with Crippen molar-refractivity contribution in [2.75, 3.05) is 0 Å². The average molecular weight is 469 g/mol. The number of nitrogens with zero attached hydrogens (tertiary/aromatic N) is 4. The van der Waals surface area contributed by atoms with Crippen LogP contribution in [0.5, 0.6) is 0 Å². The van der Waals surface area contributed by atoms with Gasteiger partial charge in [-0.25, -0.2) is 9.97 Å². The number of hydrogen-bond acceptors (Lipinski definition) is 6. The van der Waals surface area contributed by atoms with E-state index in [0.29, 0.717) is 17.3 Å². The third-order valence-electron chi connectivity index (χ3n) is 5.62. The molecule has 0 fully saturated rings. The summed E-state index contributed by atoms with van der Waals surface area (Å²) in [4.78, 5) is 18.9. The maximum atomic E-state index is 5.36. The molecule has 6 rings (SSSR count). The minimum Gasteiger partial charge on any atom is -0.463 e. The Balaban J connectivity index is 1.39. The van der Waals surface area contributed by atoms with Crippen molar-refractivity contribution < 1.29 is 8.83 Å². The van der Waals surface area contributed by atoms with Crippen molar-refractivity contribution in [3.63, 3.8) is 0 Å². The molecule has 0 radical (unpaired) electrons. The highest BCUT2D eigenvalue weighted by molar-refractivity contribution is 5.96. The summed E-state index contributed by atoms with van der Waals surface area (Å²) >= 11 is 0. The summed E-state index contributed by atoms with van der Waals surface area (Å²) in [6, 6.07) is 31.3. The first-order valence-corrected chi connectivity index (χ1v) is 11.4. The molecule has 6 heteroatoms. The van der Waals surface area contributed by atoms with Gasteiger partial charge in [-0.2, -0.15) is 0 Å². The monoisotopic (exact) mass is 468 g/mol. The molecule has 0 N–H and O–H groups in total. The van der Waals surface area contributed by atoms with Crippen LogP contribution in [0.4, 0.5) is 11.4 Å². The minimum absolute atomic E-state index is 0.648. The number of aliphatic imine (C=N–C) groups is 2. The Morgan fingerprint density at radius 3 is 1.92 bits per heavy atom. The van der Waals surface area contributed by atoms with E-state index in [4.69, 9.17) is 18.8 Å². The second kappa shape index (κ2) is 9.64. The third kappa shape index (κ3) is 4.60. The fourth-order valence-electron chi connectivity index (χ4n) is 3.84. The molecular weight excluding hydrogens is 448 g/mol. The molecule has 0 amide bonds. The van der Waals surface area contributed by atoms with Gasteiger partial charge in [0.05, 0.1) is 47.5 Å². The van der Waals surface area contributed by atoms with Crippen LogP contribution in [-0.4, -0.2) is 22.4 Å². The Kier molecular flexibility index (Phi) is 5.74. The van der Waals surface area contributed by atoms with Gasteiger partial charge >= 0.3 is 0 Å².